The first-order valence-corrected chi connectivity index (χ1v) is 12.9. The van der Waals surface area contributed by atoms with Crippen LogP contribution in [-0.4, -0.2) is 29.2 Å². The Morgan fingerprint density at radius 1 is 1.14 bits per heavy atom. The Kier molecular flexibility index (Phi) is 9.53. The van der Waals surface area contributed by atoms with Crippen LogP contribution in [0.15, 0.2) is 60.2 Å². The first-order valence-electron chi connectivity index (χ1n) is 12.0. The number of hydrogen-bond acceptors (Lipinski definition) is 4. The van der Waals surface area contributed by atoms with Gasteiger partial charge in [0.05, 0.1) is 18.1 Å². The summed E-state index contributed by atoms with van der Waals surface area (Å²) in [7, 11) is 1.66. The summed E-state index contributed by atoms with van der Waals surface area (Å²) in [4.78, 5) is 18.2. The number of nitrogens with one attached hydrogen (secondary N) is 1. The van der Waals surface area contributed by atoms with Gasteiger partial charge in [-0.2, -0.15) is 0 Å². The van der Waals surface area contributed by atoms with Crippen molar-refractivity contribution in [1.82, 2.24) is 9.55 Å². The molecule has 0 aliphatic rings. The second-order valence-electron chi connectivity index (χ2n) is 8.82. The van der Waals surface area contributed by atoms with E-state index in [2.05, 4.69) is 70.9 Å². The molecule has 0 saturated carbocycles. The molecule has 1 N–H and O–H groups in total. The number of benzene rings is 2. The maximum atomic E-state index is 11.5. The second kappa shape index (κ2) is 12.6. The Hall–Kier alpha value is -3.32. The van der Waals surface area contributed by atoms with Crippen LogP contribution < -0.4 is 20.8 Å². The van der Waals surface area contributed by atoms with E-state index in [1.807, 2.05) is 42.3 Å². The molecule has 3 rings (SSSR count). The number of para-hydroxylation sites is 2. The Labute approximate surface area is 221 Å². The molecule has 7 heteroatoms. The highest BCUT2D eigenvalue weighted by Gasteiger charge is 2.13. The van der Waals surface area contributed by atoms with Gasteiger partial charge in [-0.25, -0.2) is 4.98 Å². The number of hydrogen-bond donors (Lipinski definition) is 1. The molecule has 1 aromatic heterocycles. The van der Waals surface area contributed by atoms with Crippen molar-refractivity contribution < 1.29 is 14.3 Å². The number of carbonyl (C=O) groups excluding carboxylic acids is 1. The molecule has 0 atom stereocenters. The second-order valence-corrected chi connectivity index (χ2v) is 9.28. The van der Waals surface area contributed by atoms with Gasteiger partial charge in [-0.1, -0.05) is 66.2 Å². The number of rotatable bonds is 9. The monoisotopic (exact) mass is 551 g/mol. The number of halogens is 1. The molecule has 0 fully saturated rings. The molecule has 0 bridgehead atoms. The van der Waals surface area contributed by atoms with Gasteiger partial charge in [0.1, 0.15) is 29.3 Å². The topological polar surface area (TPSA) is 65.4 Å². The lowest BCUT2D eigenvalue weighted by molar-refractivity contribution is -0.114. The Balaban J connectivity index is 2.01. The van der Waals surface area contributed by atoms with E-state index in [0.717, 1.165) is 34.2 Å². The summed E-state index contributed by atoms with van der Waals surface area (Å²) in [5.74, 6) is 2.51. The minimum atomic E-state index is -0.144. The number of aromatic nitrogens is 2. The summed E-state index contributed by atoms with van der Waals surface area (Å²) in [5, 5.41) is 4.47. The number of amides is 1. The summed E-state index contributed by atoms with van der Waals surface area (Å²) >= 11 is 3.49. The van der Waals surface area contributed by atoms with Crippen molar-refractivity contribution in [3.63, 3.8) is 0 Å². The molecule has 0 radical (unpaired) electrons. The van der Waals surface area contributed by atoms with Crippen molar-refractivity contribution in [1.29, 1.82) is 0 Å². The molecule has 1 heterocycles. The molecule has 0 unspecified atom stereocenters. The van der Waals surface area contributed by atoms with E-state index in [9.17, 15) is 4.79 Å². The molecular weight excluding hydrogens is 518 g/mol. The van der Waals surface area contributed by atoms with E-state index in [4.69, 9.17) is 14.5 Å². The summed E-state index contributed by atoms with van der Waals surface area (Å²) in [6, 6.07) is 15.9. The Morgan fingerprint density at radius 2 is 1.83 bits per heavy atom. The average Bonchev–Trinajstić information content (AvgIpc) is 3.25. The lowest BCUT2D eigenvalue weighted by Crippen LogP contribution is -2.32. The lowest BCUT2D eigenvalue weighted by Gasteiger charge is -2.12. The predicted octanol–water partition coefficient (Wildman–Crippen LogP) is 5.56. The molecular formula is C29H34BrN3O3. The number of imidazole rings is 1. The zero-order valence-corrected chi connectivity index (χ0v) is 23.3. The van der Waals surface area contributed by atoms with Gasteiger partial charge < -0.3 is 19.4 Å². The molecule has 0 saturated heterocycles. The molecule has 1 amide bonds. The SMILES string of the molecule is CCn1c(-c2ccc(C(C)C)cc2)nc(=C\Br)/c1=C(\C=C(/C)COc1ccccc1NC(C)=O)OC. The van der Waals surface area contributed by atoms with E-state index < -0.39 is 0 Å². The normalized spacial score (nSPS) is 13.1. The van der Waals surface area contributed by atoms with Crippen LogP contribution in [0.1, 0.15) is 46.1 Å². The molecule has 6 nitrogen and oxygen atoms in total. The van der Waals surface area contributed by atoms with Crippen LogP contribution in [0.5, 0.6) is 5.75 Å². The highest BCUT2D eigenvalue weighted by atomic mass is 79.9. The van der Waals surface area contributed by atoms with Crippen LogP contribution in [0.4, 0.5) is 5.69 Å². The molecule has 36 heavy (non-hydrogen) atoms. The van der Waals surface area contributed by atoms with Gasteiger partial charge in [-0.3, -0.25) is 4.79 Å². The smallest absolute Gasteiger partial charge is 0.221 e. The molecule has 0 aliphatic carbocycles. The zero-order chi connectivity index (χ0) is 26.2. The summed E-state index contributed by atoms with van der Waals surface area (Å²) in [6.45, 7) is 11.0. The van der Waals surface area contributed by atoms with Crippen LogP contribution in [0.2, 0.25) is 0 Å². The van der Waals surface area contributed by atoms with E-state index in [1.165, 1.54) is 12.5 Å². The molecule has 2 aromatic carbocycles. The third-order valence-corrected chi connectivity index (χ3v) is 6.17. The van der Waals surface area contributed by atoms with Crippen molar-refractivity contribution in [2.24, 2.45) is 0 Å². The number of methoxy groups -OCH3 is 1. The molecule has 3 aromatic rings. The average molecular weight is 553 g/mol. The maximum absolute atomic E-state index is 11.5. The first-order chi connectivity index (χ1) is 17.3. The van der Waals surface area contributed by atoms with Crippen LogP contribution in [-0.2, 0) is 16.1 Å². The minimum Gasteiger partial charge on any atom is -0.494 e. The van der Waals surface area contributed by atoms with E-state index in [-0.39, 0.29) is 5.91 Å². The maximum Gasteiger partial charge on any atom is 0.221 e. The van der Waals surface area contributed by atoms with Gasteiger partial charge in [0.25, 0.3) is 0 Å². The largest absolute Gasteiger partial charge is 0.494 e. The van der Waals surface area contributed by atoms with Gasteiger partial charge in [-0.15, -0.1) is 0 Å². The van der Waals surface area contributed by atoms with Crippen molar-refractivity contribution in [2.75, 3.05) is 19.0 Å². The third-order valence-electron chi connectivity index (χ3n) is 5.73. The lowest BCUT2D eigenvalue weighted by atomic mass is 10.0. The summed E-state index contributed by atoms with van der Waals surface area (Å²) in [5.41, 5.74) is 3.94. The fourth-order valence-electron chi connectivity index (χ4n) is 3.92. The minimum absolute atomic E-state index is 0.144. The fourth-order valence-corrected chi connectivity index (χ4v) is 4.24. The highest BCUT2D eigenvalue weighted by Crippen LogP contribution is 2.24. The first kappa shape index (κ1) is 27.3. The number of carbonyl (C=O) groups is 1. The fraction of sp³-hybridized carbons (Fsp3) is 0.310. The highest BCUT2D eigenvalue weighted by molar-refractivity contribution is 9.14. The van der Waals surface area contributed by atoms with Gasteiger partial charge in [0.15, 0.2) is 0 Å². The summed E-state index contributed by atoms with van der Waals surface area (Å²) in [6.07, 6.45) is 1.97. The van der Waals surface area contributed by atoms with Gasteiger partial charge in [-0.05, 0) is 49.1 Å². The third kappa shape index (κ3) is 6.46. The van der Waals surface area contributed by atoms with Gasteiger partial charge in [0, 0.05) is 24.0 Å². The Bertz CT molecular complexity index is 1360. The van der Waals surface area contributed by atoms with Crippen LogP contribution in [0.3, 0.4) is 0 Å². The summed E-state index contributed by atoms with van der Waals surface area (Å²) < 4.78 is 14.0. The molecule has 190 valence electrons. The van der Waals surface area contributed by atoms with Crippen molar-refractivity contribution in [3.8, 4) is 17.1 Å². The van der Waals surface area contributed by atoms with E-state index in [1.54, 1.807) is 7.11 Å². The van der Waals surface area contributed by atoms with Crippen molar-refractivity contribution in [2.45, 2.75) is 47.1 Å². The zero-order valence-electron chi connectivity index (χ0n) is 21.8. The van der Waals surface area contributed by atoms with E-state index in [0.29, 0.717) is 29.7 Å². The van der Waals surface area contributed by atoms with Crippen molar-refractivity contribution >= 4 is 38.3 Å². The molecule has 0 spiro atoms. The Morgan fingerprint density at radius 3 is 2.42 bits per heavy atom. The van der Waals surface area contributed by atoms with Gasteiger partial charge in [0.2, 0.25) is 5.91 Å². The van der Waals surface area contributed by atoms with Crippen LogP contribution in [0.25, 0.3) is 22.1 Å². The number of anilines is 1. The molecule has 0 aliphatic heterocycles. The number of nitrogens with zero attached hydrogens (tertiary/aromatic N) is 2. The van der Waals surface area contributed by atoms with Crippen LogP contribution in [0, 0.1) is 0 Å². The standard InChI is InChI=1S/C29H34BrN3O3/c1-7-33-28(25(17-30)32-29(33)23-14-12-22(13-15-23)19(2)3)27(35-6)16-20(4)18-36-26-11-9-8-10-24(26)31-21(5)34/h8-17,19H,7,18H2,1-6H3,(H,31,34)/b20-16+,25-17-,28-27-. The number of ether oxygens (including phenoxy) is 2. The quantitative estimate of drug-likeness (QED) is 0.377. The van der Waals surface area contributed by atoms with Crippen LogP contribution >= 0.6 is 15.9 Å². The van der Waals surface area contributed by atoms with E-state index >= 15 is 0 Å². The van der Waals surface area contributed by atoms with Crippen molar-refractivity contribution in [3.05, 3.63) is 76.4 Å². The van der Waals surface area contributed by atoms with Gasteiger partial charge >= 0.3 is 0 Å². The predicted molar refractivity (Wildman–Crippen MR) is 150 cm³/mol.